The van der Waals surface area contributed by atoms with Crippen LogP contribution in [0.25, 0.3) is 0 Å². The number of hydrogen-bond donors (Lipinski definition) is 5. The molecule has 17 heteroatoms. The molecule has 0 aromatic heterocycles. The minimum Gasteiger partial charge on any atom is -0.481 e. The highest BCUT2D eigenvalue weighted by atomic mass is 35.5. The number of carboxylic acid groups (broad SMARTS) is 3. The zero-order valence-electron chi connectivity index (χ0n) is 22.1. The average molecular weight is 632 g/mol. The van der Waals surface area contributed by atoms with Gasteiger partial charge in [0.1, 0.15) is 6.04 Å². The van der Waals surface area contributed by atoms with Gasteiger partial charge in [-0.05, 0) is 25.5 Å². The molecule has 1 aliphatic heterocycles. The Kier molecular flexibility index (Phi) is 12.2. The highest BCUT2D eigenvalue weighted by Gasteiger charge is 2.45. The summed E-state index contributed by atoms with van der Waals surface area (Å²) in [6.45, 7) is 0.332. The van der Waals surface area contributed by atoms with Crippen LogP contribution in [0.15, 0.2) is 23.4 Å². The third-order valence-corrected chi connectivity index (χ3v) is 6.53. The Bertz CT molecular complexity index is 1280. The van der Waals surface area contributed by atoms with Crippen molar-refractivity contribution in [3.63, 3.8) is 0 Å². The smallest absolute Gasteiger partial charge is 0.341 e. The topological polar surface area (TPSA) is 235 Å². The molecule has 1 aliphatic rings. The van der Waals surface area contributed by atoms with Gasteiger partial charge in [-0.1, -0.05) is 34.4 Å². The number of ether oxygens (including phenoxy) is 1. The maximum atomic E-state index is 13.1. The number of hydrogen-bond acceptors (Lipinski definition) is 10. The first-order valence-electron chi connectivity index (χ1n) is 12.3. The number of aliphatic carboxylic acids is 3. The number of esters is 1. The second-order valence-corrected chi connectivity index (χ2v) is 10.1. The molecule has 0 radical (unpaired) electrons. The lowest BCUT2D eigenvalue weighted by Gasteiger charge is -2.24. The molecule has 2 rings (SSSR count). The number of Topliss-reactive ketones (excluding diaryl/α,β-unsaturated/α-hetero) is 1. The van der Waals surface area contributed by atoms with Crippen molar-refractivity contribution in [1.29, 1.82) is 0 Å². The van der Waals surface area contributed by atoms with Gasteiger partial charge in [-0.15, -0.1) is 0 Å². The molecule has 5 N–H and O–H groups in total. The molecular weight excluding hydrogens is 605 g/mol. The molecule has 0 saturated heterocycles. The molecule has 3 unspecified atom stereocenters. The standard InChI is InChI=1S/C25H27Cl2N3O12/c1-25(10-16(30-42-25)14(5-7-19(33)34)28-18(32)6-8-20(35)36)24(40)29-15(9-21(37)38)17(31)11-41-23(39)22-12(26)3-2-4-13(22)27/h2-4,14-15H,5-11H2,1H3,(H,28,32)(H,29,40)(H,33,34)(H,35,36)(H,37,38). The number of benzene rings is 1. The first-order chi connectivity index (χ1) is 19.6. The number of carbonyl (C=O) groups is 7. The zero-order chi connectivity index (χ0) is 31.6. The van der Waals surface area contributed by atoms with E-state index in [1.807, 2.05) is 0 Å². The van der Waals surface area contributed by atoms with Gasteiger partial charge in [0.05, 0.1) is 40.2 Å². The number of amides is 2. The van der Waals surface area contributed by atoms with E-state index in [-0.39, 0.29) is 34.2 Å². The van der Waals surface area contributed by atoms with Crippen molar-refractivity contribution in [2.24, 2.45) is 5.16 Å². The molecule has 1 aromatic carbocycles. The molecular formula is C25H27Cl2N3O12. The van der Waals surface area contributed by atoms with Crippen LogP contribution < -0.4 is 10.6 Å². The number of ketones is 1. The van der Waals surface area contributed by atoms with E-state index in [4.69, 9.17) is 43.0 Å². The summed E-state index contributed by atoms with van der Waals surface area (Å²) >= 11 is 11.9. The maximum absolute atomic E-state index is 13.1. The first kappa shape index (κ1) is 34.0. The Hall–Kier alpha value is -4.24. The van der Waals surface area contributed by atoms with E-state index in [1.54, 1.807) is 0 Å². The summed E-state index contributed by atoms with van der Waals surface area (Å²) in [5.41, 5.74) is -1.96. The number of nitrogens with zero attached hydrogens (tertiary/aromatic N) is 1. The number of halogens is 2. The van der Waals surface area contributed by atoms with Crippen molar-refractivity contribution in [3.8, 4) is 0 Å². The number of rotatable bonds is 16. The molecule has 2 amide bonds. The van der Waals surface area contributed by atoms with Crippen molar-refractivity contribution in [3.05, 3.63) is 33.8 Å². The van der Waals surface area contributed by atoms with Gasteiger partial charge in [0.25, 0.3) is 5.91 Å². The fourth-order valence-electron chi connectivity index (χ4n) is 3.69. The number of carboxylic acids is 3. The van der Waals surface area contributed by atoms with E-state index in [9.17, 15) is 38.7 Å². The van der Waals surface area contributed by atoms with E-state index in [0.29, 0.717) is 0 Å². The Balaban J connectivity index is 2.09. The highest BCUT2D eigenvalue weighted by Crippen LogP contribution is 2.27. The molecule has 0 saturated carbocycles. The summed E-state index contributed by atoms with van der Waals surface area (Å²) in [7, 11) is 0. The van der Waals surface area contributed by atoms with Crippen LogP contribution in [-0.4, -0.2) is 86.8 Å². The minimum atomic E-state index is -1.80. The van der Waals surface area contributed by atoms with Crippen molar-refractivity contribution < 1.29 is 58.5 Å². The second kappa shape index (κ2) is 15.1. The third kappa shape index (κ3) is 9.99. The van der Waals surface area contributed by atoms with Crippen molar-refractivity contribution in [2.75, 3.05) is 6.61 Å². The van der Waals surface area contributed by atoms with Gasteiger partial charge >= 0.3 is 23.9 Å². The molecule has 228 valence electrons. The predicted molar refractivity (Wildman–Crippen MR) is 143 cm³/mol. The van der Waals surface area contributed by atoms with Crippen molar-refractivity contribution in [2.45, 2.75) is 63.1 Å². The predicted octanol–water partition coefficient (Wildman–Crippen LogP) is 1.43. The first-order valence-corrected chi connectivity index (χ1v) is 13.0. The molecule has 1 heterocycles. The van der Waals surface area contributed by atoms with Gasteiger partial charge in [-0.25, -0.2) is 4.79 Å². The summed E-state index contributed by atoms with van der Waals surface area (Å²) in [6, 6.07) is 1.53. The van der Waals surface area contributed by atoms with E-state index < -0.39 is 91.4 Å². The minimum absolute atomic E-state index is 0.0443. The van der Waals surface area contributed by atoms with Crippen LogP contribution >= 0.6 is 23.2 Å². The number of carbonyl (C=O) groups excluding carboxylic acids is 4. The molecule has 3 atom stereocenters. The summed E-state index contributed by atoms with van der Waals surface area (Å²) in [4.78, 5) is 88.9. The lowest BCUT2D eigenvalue weighted by Crippen LogP contribution is -2.53. The fraction of sp³-hybridized carbons (Fsp3) is 0.440. The van der Waals surface area contributed by atoms with Crippen LogP contribution in [0.5, 0.6) is 0 Å². The van der Waals surface area contributed by atoms with Crippen LogP contribution in [0, 0.1) is 0 Å². The fourth-order valence-corrected chi connectivity index (χ4v) is 4.24. The molecule has 1 aromatic rings. The Morgan fingerprint density at radius 1 is 0.976 bits per heavy atom. The van der Waals surface area contributed by atoms with E-state index >= 15 is 0 Å². The Morgan fingerprint density at radius 2 is 1.60 bits per heavy atom. The van der Waals surface area contributed by atoms with Gasteiger partial charge in [0.15, 0.2) is 12.4 Å². The molecule has 0 bridgehead atoms. The molecule has 0 aliphatic carbocycles. The Labute approximate surface area is 248 Å². The van der Waals surface area contributed by atoms with E-state index in [2.05, 4.69) is 15.8 Å². The van der Waals surface area contributed by atoms with Gasteiger partial charge in [-0.2, -0.15) is 0 Å². The third-order valence-electron chi connectivity index (χ3n) is 5.90. The van der Waals surface area contributed by atoms with E-state index in [0.717, 1.165) is 0 Å². The van der Waals surface area contributed by atoms with Gasteiger partial charge in [0, 0.05) is 19.3 Å². The van der Waals surface area contributed by atoms with Crippen molar-refractivity contribution in [1.82, 2.24) is 10.6 Å². The number of nitrogens with one attached hydrogen (secondary N) is 2. The van der Waals surface area contributed by atoms with Gasteiger partial charge < -0.3 is 35.5 Å². The Morgan fingerprint density at radius 3 is 2.17 bits per heavy atom. The van der Waals surface area contributed by atoms with Crippen LogP contribution in [0.3, 0.4) is 0 Å². The molecule has 42 heavy (non-hydrogen) atoms. The second-order valence-electron chi connectivity index (χ2n) is 9.29. The average Bonchev–Trinajstić information content (AvgIpc) is 3.30. The van der Waals surface area contributed by atoms with Crippen molar-refractivity contribution >= 4 is 70.4 Å². The van der Waals surface area contributed by atoms with Gasteiger partial charge in [0.2, 0.25) is 11.5 Å². The largest absolute Gasteiger partial charge is 0.481 e. The molecule has 0 spiro atoms. The van der Waals surface area contributed by atoms with Crippen LogP contribution in [0.2, 0.25) is 10.0 Å². The zero-order valence-corrected chi connectivity index (χ0v) is 23.6. The quantitative estimate of drug-likeness (QED) is 0.163. The molecule has 0 fully saturated rings. The summed E-state index contributed by atoms with van der Waals surface area (Å²) in [5, 5.41) is 35.5. The molecule has 15 nitrogen and oxygen atoms in total. The normalized spacial score (nSPS) is 17.2. The highest BCUT2D eigenvalue weighted by molar-refractivity contribution is 6.39. The number of oxime groups is 1. The maximum Gasteiger partial charge on any atom is 0.341 e. The van der Waals surface area contributed by atoms with Crippen LogP contribution in [0.1, 0.15) is 55.8 Å². The van der Waals surface area contributed by atoms with Crippen LogP contribution in [0.4, 0.5) is 0 Å². The van der Waals surface area contributed by atoms with Crippen LogP contribution in [-0.2, 0) is 38.3 Å². The summed E-state index contributed by atoms with van der Waals surface area (Å²) < 4.78 is 4.93. The summed E-state index contributed by atoms with van der Waals surface area (Å²) in [5.74, 6) is -7.57. The lowest BCUT2D eigenvalue weighted by molar-refractivity contribution is -0.146. The SMILES string of the molecule is CC1(C(=O)NC(CC(=O)O)C(=O)COC(=O)c2c(Cl)cccc2Cl)CC(C(CCC(=O)O)NC(=O)CCC(=O)O)=NO1. The summed E-state index contributed by atoms with van der Waals surface area (Å²) in [6.07, 6.45) is -2.60. The van der Waals surface area contributed by atoms with Gasteiger partial charge in [-0.3, -0.25) is 28.8 Å². The lowest BCUT2D eigenvalue weighted by atomic mass is 9.92. The van der Waals surface area contributed by atoms with E-state index in [1.165, 1.54) is 25.1 Å². The monoisotopic (exact) mass is 631 g/mol.